The number of aliphatic hydroxyl groups is 2. The summed E-state index contributed by atoms with van der Waals surface area (Å²) in [7, 11) is 8.14. The van der Waals surface area contributed by atoms with Gasteiger partial charge in [0.2, 0.25) is 0 Å². The zero-order valence-electron chi connectivity index (χ0n) is 14.5. The molecule has 2 N–H and O–H groups in total. The van der Waals surface area contributed by atoms with Crippen molar-refractivity contribution in [3.63, 3.8) is 0 Å². The molecule has 0 saturated heterocycles. The Labute approximate surface area is 135 Å². The number of hydrogen-bond donors (Lipinski definition) is 2. The van der Waals surface area contributed by atoms with Crippen LogP contribution >= 0.6 is 0 Å². The largest absolute Gasteiger partial charge is 0.396 e. The van der Waals surface area contributed by atoms with E-state index in [-0.39, 0.29) is 25.0 Å². The lowest BCUT2D eigenvalue weighted by molar-refractivity contribution is 0.191. The quantitative estimate of drug-likeness (QED) is 0.680. The van der Waals surface area contributed by atoms with Crippen LogP contribution in [0, 0.1) is 11.8 Å². The molecule has 0 spiro atoms. The molecule has 0 aromatic heterocycles. The van der Waals surface area contributed by atoms with Gasteiger partial charge in [-0.05, 0) is 64.0 Å². The van der Waals surface area contributed by atoms with Gasteiger partial charge in [0.1, 0.15) is 0 Å². The summed E-state index contributed by atoms with van der Waals surface area (Å²) >= 11 is 0. The first kappa shape index (κ1) is 19.1. The van der Waals surface area contributed by atoms with Crippen molar-refractivity contribution in [1.82, 2.24) is 9.80 Å². The van der Waals surface area contributed by atoms with Gasteiger partial charge in [-0.2, -0.15) is 0 Å². The molecule has 1 aromatic rings. The van der Waals surface area contributed by atoms with Gasteiger partial charge in [-0.25, -0.2) is 0 Å². The second-order valence-corrected chi connectivity index (χ2v) is 6.85. The number of aliphatic hydroxyl groups excluding tert-OH is 2. The van der Waals surface area contributed by atoms with Crippen LogP contribution in [0.5, 0.6) is 0 Å². The molecule has 4 nitrogen and oxygen atoms in total. The van der Waals surface area contributed by atoms with Crippen LogP contribution in [0.15, 0.2) is 24.3 Å². The molecule has 1 aromatic carbocycles. The van der Waals surface area contributed by atoms with E-state index in [2.05, 4.69) is 34.1 Å². The molecule has 0 fully saturated rings. The minimum Gasteiger partial charge on any atom is -0.396 e. The summed E-state index contributed by atoms with van der Waals surface area (Å²) in [6.07, 6.45) is 1.78. The van der Waals surface area contributed by atoms with Gasteiger partial charge in [0, 0.05) is 26.3 Å². The molecule has 0 amide bonds. The molecular formula is C18H32N2O2. The first-order chi connectivity index (χ1) is 10.4. The average Bonchev–Trinajstić information content (AvgIpc) is 2.45. The van der Waals surface area contributed by atoms with Crippen molar-refractivity contribution in [1.29, 1.82) is 0 Å². The Bertz CT molecular complexity index is 386. The van der Waals surface area contributed by atoms with Crippen molar-refractivity contribution in [2.75, 3.05) is 54.5 Å². The van der Waals surface area contributed by atoms with E-state index in [1.807, 2.05) is 28.2 Å². The molecule has 0 aliphatic rings. The van der Waals surface area contributed by atoms with Crippen LogP contribution in [0.1, 0.15) is 11.1 Å². The average molecular weight is 308 g/mol. The molecule has 0 heterocycles. The Kier molecular flexibility index (Phi) is 8.64. The van der Waals surface area contributed by atoms with Gasteiger partial charge >= 0.3 is 0 Å². The highest BCUT2D eigenvalue weighted by atomic mass is 16.3. The van der Waals surface area contributed by atoms with E-state index >= 15 is 0 Å². The Balaban J connectivity index is 2.68. The third kappa shape index (κ3) is 7.36. The second-order valence-electron chi connectivity index (χ2n) is 6.85. The molecule has 22 heavy (non-hydrogen) atoms. The van der Waals surface area contributed by atoms with Crippen LogP contribution in [0.4, 0.5) is 0 Å². The van der Waals surface area contributed by atoms with Crippen LogP contribution in [0.3, 0.4) is 0 Å². The van der Waals surface area contributed by atoms with Gasteiger partial charge < -0.3 is 20.0 Å². The summed E-state index contributed by atoms with van der Waals surface area (Å²) in [5.74, 6) is 0.529. The Morgan fingerprint density at radius 1 is 0.818 bits per heavy atom. The second kappa shape index (κ2) is 9.95. The molecule has 1 rings (SSSR count). The predicted molar refractivity (Wildman–Crippen MR) is 92.1 cm³/mol. The zero-order valence-corrected chi connectivity index (χ0v) is 14.5. The highest BCUT2D eigenvalue weighted by Gasteiger charge is 2.12. The summed E-state index contributed by atoms with van der Waals surface area (Å²) in [6.45, 7) is 2.20. The summed E-state index contributed by atoms with van der Waals surface area (Å²) in [5, 5.41) is 19.0. The van der Waals surface area contributed by atoms with E-state index < -0.39 is 0 Å². The highest BCUT2D eigenvalue weighted by molar-refractivity contribution is 5.24. The zero-order chi connectivity index (χ0) is 16.5. The molecule has 2 unspecified atom stereocenters. The summed E-state index contributed by atoms with van der Waals surface area (Å²) in [6, 6.07) is 8.55. The smallest absolute Gasteiger partial charge is 0.0474 e. The number of hydrogen-bond acceptors (Lipinski definition) is 4. The molecule has 126 valence electrons. The molecule has 0 aliphatic carbocycles. The minimum atomic E-state index is 0.211. The number of rotatable bonds is 10. The highest BCUT2D eigenvalue weighted by Crippen LogP contribution is 2.15. The van der Waals surface area contributed by atoms with Crippen molar-refractivity contribution < 1.29 is 10.2 Å². The Hall–Kier alpha value is -0.940. The van der Waals surface area contributed by atoms with Crippen molar-refractivity contribution in [3.8, 4) is 0 Å². The molecule has 4 heteroatoms. The standard InChI is InChI=1S/C18H32N2O2/c1-19(2)11-17(13-21)9-15-6-5-7-16(8-15)10-18(14-22)12-20(3)4/h5-8,17-18,21-22H,9-14H2,1-4H3. The SMILES string of the molecule is CN(C)CC(CO)Cc1cccc(CC(CO)CN(C)C)c1. The lowest BCUT2D eigenvalue weighted by Gasteiger charge is -2.21. The maximum Gasteiger partial charge on any atom is 0.0474 e. The normalized spacial score (nSPS) is 14.5. The van der Waals surface area contributed by atoms with E-state index in [1.54, 1.807) is 0 Å². The fourth-order valence-electron chi connectivity index (χ4n) is 2.96. The summed E-state index contributed by atoms with van der Waals surface area (Å²) in [5.41, 5.74) is 2.53. The van der Waals surface area contributed by atoms with E-state index in [0.29, 0.717) is 0 Å². The van der Waals surface area contributed by atoms with Gasteiger partial charge in [-0.3, -0.25) is 0 Å². The lowest BCUT2D eigenvalue weighted by Crippen LogP contribution is -2.26. The van der Waals surface area contributed by atoms with Crippen LogP contribution < -0.4 is 0 Å². The van der Waals surface area contributed by atoms with E-state index in [4.69, 9.17) is 0 Å². The van der Waals surface area contributed by atoms with Crippen LogP contribution in [0.25, 0.3) is 0 Å². The molecule has 0 radical (unpaired) electrons. The molecule has 0 aliphatic heterocycles. The van der Waals surface area contributed by atoms with Gasteiger partial charge in [0.25, 0.3) is 0 Å². The van der Waals surface area contributed by atoms with Gasteiger partial charge in [-0.15, -0.1) is 0 Å². The fraction of sp³-hybridized carbons (Fsp3) is 0.667. The van der Waals surface area contributed by atoms with Crippen molar-refractivity contribution in [3.05, 3.63) is 35.4 Å². The lowest BCUT2D eigenvalue weighted by atomic mass is 9.94. The van der Waals surface area contributed by atoms with Gasteiger partial charge in [0.05, 0.1) is 0 Å². The van der Waals surface area contributed by atoms with Crippen molar-refractivity contribution in [2.24, 2.45) is 11.8 Å². The third-order valence-electron chi connectivity index (χ3n) is 3.80. The molecule has 2 atom stereocenters. The maximum atomic E-state index is 9.52. The first-order valence-corrected chi connectivity index (χ1v) is 8.03. The molecule has 0 saturated carbocycles. The third-order valence-corrected chi connectivity index (χ3v) is 3.80. The van der Waals surface area contributed by atoms with Crippen LogP contribution in [0.2, 0.25) is 0 Å². The number of nitrogens with zero attached hydrogens (tertiary/aromatic N) is 2. The number of benzene rings is 1. The van der Waals surface area contributed by atoms with Gasteiger partial charge in [-0.1, -0.05) is 24.3 Å². The predicted octanol–water partition coefficient (Wildman–Crippen LogP) is 1.11. The molecular weight excluding hydrogens is 276 g/mol. The van der Waals surface area contributed by atoms with E-state index in [0.717, 1.165) is 25.9 Å². The van der Waals surface area contributed by atoms with Crippen molar-refractivity contribution in [2.45, 2.75) is 12.8 Å². The van der Waals surface area contributed by atoms with Crippen LogP contribution in [-0.4, -0.2) is 74.5 Å². The Morgan fingerprint density at radius 2 is 1.23 bits per heavy atom. The van der Waals surface area contributed by atoms with E-state index in [9.17, 15) is 10.2 Å². The van der Waals surface area contributed by atoms with Crippen molar-refractivity contribution >= 4 is 0 Å². The maximum absolute atomic E-state index is 9.52. The minimum absolute atomic E-state index is 0.211. The molecule has 0 bridgehead atoms. The monoisotopic (exact) mass is 308 g/mol. The Morgan fingerprint density at radius 3 is 1.55 bits per heavy atom. The topological polar surface area (TPSA) is 46.9 Å². The first-order valence-electron chi connectivity index (χ1n) is 8.03. The summed E-state index contributed by atoms with van der Waals surface area (Å²) in [4.78, 5) is 4.23. The van der Waals surface area contributed by atoms with Crippen LogP contribution in [-0.2, 0) is 12.8 Å². The summed E-state index contributed by atoms with van der Waals surface area (Å²) < 4.78 is 0. The van der Waals surface area contributed by atoms with E-state index in [1.165, 1.54) is 11.1 Å². The van der Waals surface area contributed by atoms with Gasteiger partial charge in [0.15, 0.2) is 0 Å². The fourth-order valence-corrected chi connectivity index (χ4v) is 2.96.